The first-order chi connectivity index (χ1) is 13.3. The molecule has 1 aliphatic carbocycles. The van der Waals surface area contributed by atoms with E-state index in [0.717, 1.165) is 39.2 Å². The quantitative estimate of drug-likeness (QED) is 0.656. The zero-order chi connectivity index (χ0) is 20.1. The summed E-state index contributed by atoms with van der Waals surface area (Å²) in [7, 11) is 1.65. The smallest absolute Gasteiger partial charge is 0.227 e. The number of carbonyl (C=O) groups excluding carboxylic acids is 1. The molecule has 28 heavy (non-hydrogen) atoms. The molecular weight excluding hydrogens is 440 g/mol. The predicted molar refractivity (Wildman–Crippen MR) is 114 cm³/mol. The summed E-state index contributed by atoms with van der Waals surface area (Å²) in [5.41, 5.74) is 2.53. The van der Waals surface area contributed by atoms with E-state index in [9.17, 15) is 4.79 Å². The summed E-state index contributed by atoms with van der Waals surface area (Å²) < 4.78 is 8.40. The van der Waals surface area contributed by atoms with Crippen molar-refractivity contribution in [3.05, 3.63) is 39.5 Å². The number of nitrogens with zero attached hydrogens (tertiary/aromatic N) is 3. The Bertz CT molecular complexity index is 983. The lowest BCUT2D eigenvalue weighted by Crippen LogP contribution is -2.36. The lowest BCUT2D eigenvalue weighted by molar-refractivity contribution is -0.118. The molecule has 1 N–H and O–H groups in total. The number of fused-ring (bicyclic) bond motifs is 1. The molecule has 1 unspecified atom stereocenters. The van der Waals surface area contributed by atoms with Crippen LogP contribution in [0, 0.1) is 5.41 Å². The summed E-state index contributed by atoms with van der Waals surface area (Å²) in [6.07, 6.45) is 1.31. The summed E-state index contributed by atoms with van der Waals surface area (Å²) in [5.74, 6) is 2.43. The van der Waals surface area contributed by atoms with Gasteiger partial charge in [-0.25, -0.2) is 4.68 Å². The van der Waals surface area contributed by atoms with E-state index in [1.54, 1.807) is 18.9 Å². The van der Waals surface area contributed by atoms with E-state index in [1.807, 2.05) is 22.9 Å². The van der Waals surface area contributed by atoms with Crippen molar-refractivity contribution in [1.82, 2.24) is 14.8 Å². The third kappa shape index (κ3) is 3.37. The molecule has 1 aliphatic heterocycles. The SMILES string of the molecule is CCSc1nc2n(n1)C(c1cc(Br)ccc1OC)C1=C(CC(C)(C)CC1=O)N2. The highest BCUT2D eigenvalue weighted by molar-refractivity contribution is 9.10. The number of carbonyl (C=O) groups is 1. The van der Waals surface area contributed by atoms with Gasteiger partial charge in [-0.3, -0.25) is 4.79 Å². The van der Waals surface area contributed by atoms with Crippen LogP contribution in [0.5, 0.6) is 5.75 Å². The van der Waals surface area contributed by atoms with E-state index < -0.39 is 0 Å². The molecule has 0 spiro atoms. The van der Waals surface area contributed by atoms with Crippen molar-refractivity contribution in [2.24, 2.45) is 5.41 Å². The summed E-state index contributed by atoms with van der Waals surface area (Å²) in [4.78, 5) is 17.9. The van der Waals surface area contributed by atoms with Gasteiger partial charge in [0.25, 0.3) is 0 Å². The molecule has 0 fully saturated rings. The molecule has 4 rings (SSSR count). The maximum absolute atomic E-state index is 13.2. The molecule has 8 heteroatoms. The van der Waals surface area contributed by atoms with Gasteiger partial charge in [0.05, 0.1) is 7.11 Å². The highest BCUT2D eigenvalue weighted by Gasteiger charge is 2.42. The van der Waals surface area contributed by atoms with Crippen molar-refractivity contribution >= 4 is 39.4 Å². The lowest BCUT2D eigenvalue weighted by Gasteiger charge is -2.38. The van der Waals surface area contributed by atoms with Crippen molar-refractivity contribution in [2.45, 2.75) is 44.8 Å². The zero-order valence-electron chi connectivity index (χ0n) is 16.4. The molecule has 0 radical (unpaired) electrons. The number of anilines is 1. The average Bonchev–Trinajstić information content (AvgIpc) is 3.01. The van der Waals surface area contributed by atoms with Gasteiger partial charge < -0.3 is 10.1 Å². The highest BCUT2D eigenvalue weighted by Crippen LogP contribution is 2.47. The van der Waals surface area contributed by atoms with Crippen molar-refractivity contribution in [3.8, 4) is 5.75 Å². The monoisotopic (exact) mass is 462 g/mol. The fourth-order valence-electron chi connectivity index (χ4n) is 3.99. The van der Waals surface area contributed by atoms with Crippen LogP contribution in [0.25, 0.3) is 0 Å². The molecule has 6 nitrogen and oxygen atoms in total. The molecule has 0 bridgehead atoms. The zero-order valence-corrected chi connectivity index (χ0v) is 18.8. The van der Waals surface area contributed by atoms with Crippen LogP contribution in [0.4, 0.5) is 5.95 Å². The molecular formula is C20H23BrN4O2S. The average molecular weight is 463 g/mol. The number of hydrogen-bond acceptors (Lipinski definition) is 6. The first-order valence-electron chi connectivity index (χ1n) is 9.29. The van der Waals surface area contributed by atoms with Crippen LogP contribution in [-0.2, 0) is 4.79 Å². The van der Waals surface area contributed by atoms with Gasteiger partial charge in [0.2, 0.25) is 11.1 Å². The Kier molecular flexibility index (Phi) is 5.03. The number of thioether (sulfide) groups is 1. The van der Waals surface area contributed by atoms with Crippen LogP contribution in [0.15, 0.2) is 39.1 Å². The maximum Gasteiger partial charge on any atom is 0.227 e. The summed E-state index contributed by atoms with van der Waals surface area (Å²) in [6, 6.07) is 5.49. The molecule has 2 aliphatic rings. The second-order valence-electron chi connectivity index (χ2n) is 7.84. The number of halogens is 1. The number of aromatic nitrogens is 3. The molecule has 1 atom stereocenters. The van der Waals surface area contributed by atoms with Gasteiger partial charge in [-0.2, -0.15) is 4.98 Å². The standard InChI is InChI=1S/C20H23BrN4O2S/c1-5-28-19-23-18-22-13-9-20(2,3)10-14(26)16(13)17(25(18)24-19)12-8-11(21)6-7-15(12)27-4/h6-8,17H,5,9-10H2,1-4H3,(H,22,23,24). The maximum atomic E-state index is 13.2. The number of hydrogen-bond donors (Lipinski definition) is 1. The third-order valence-electron chi connectivity index (χ3n) is 5.07. The predicted octanol–water partition coefficient (Wildman–Crippen LogP) is 4.82. The van der Waals surface area contributed by atoms with Crippen molar-refractivity contribution in [1.29, 1.82) is 0 Å². The van der Waals surface area contributed by atoms with Crippen LogP contribution in [0.1, 0.15) is 45.2 Å². The molecule has 0 amide bonds. The third-order valence-corrected chi connectivity index (χ3v) is 6.29. The highest BCUT2D eigenvalue weighted by atomic mass is 79.9. The molecule has 2 aromatic rings. The number of Topliss-reactive ketones (excluding diaryl/α,β-unsaturated/α-hetero) is 1. The molecule has 1 aromatic carbocycles. The minimum atomic E-state index is -0.360. The number of ether oxygens (including phenoxy) is 1. The minimum Gasteiger partial charge on any atom is -0.496 e. The molecule has 1 aromatic heterocycles. The molecule has 0 saturated heterocycles. The van der Waals surface area contributed by atoms with Gasteiger partial charge in [-0.15, -0.1) is 5.10 Å². The van der Waals surface area contributed by atoms with Gasteiger partial charge in [-0.05, 0) is 35.8 Å². The molecule has 148 valence electrons. The fourth-order valence-corrected chi connectivity index (χ4v) is 4.92. The minimum absolute atomic E-state index is 0.0853. The summed E-state index contributed by atoms with van der Waals surface area (Å²) >= 11 is 5.15. The number of ketones is 1. The van der Waals surface area contributed by atoms with Crippen LogP contribution >= 0.6 is 27.7 Å². The van der Waals surface area contributed by atoms with Crippen molar-refractivity contribution < 1.29 is 9.53 Å². The summed E-state index contributed by atoms with van der Waals surface area (Å²) in [6.45, 7) is 6.33. The molecule has 0 saturated carbocycles. The van der Waals surface area contributed by atoms with Gasteiger partial charge in [0, 0.05) is 27.7 Å². The Morgan fingerprint density at radius 3 is 2.89 bits per heavy atom. The number of nitrogens with one attached hydrogen (secondary N) is 1. The van der Waals surface area contributed by atoms with E-state index in [-0.39, 0.29) is 17.2 Å². The fraction of sp³-hybridized carbons (Fsp3) is 0.450. The Balaban J connectivity index is 1.94. The normalized spacial score (nSPS) is 20.5. The van der Waals surface area contributed by atoms with E-state index >= 15 is 0 Å². The van der Waals surface area contributed by atoms with Crippen LogP contribution in [0.2, 0.25) is 0 Å². The first kappa shape index (κ1) is 19.5. The Hall–Kier alpha value is -1.80. The number of allylic oxidation sites excluding steroid dienone is 2. The lowest BCUT2D eigenvalue weighted by atomic mass is 9.73. The number of rotatable bonds is 4. The second kappa shape index (κ2) is 7.22. The van der Waals surface area contributed by atoms with Gasteiger partial charge in [0.15, 0.2) is 5.78 Å². The van der Waals surface area contributed by atoms with Crippen molar-refractivity contribution in [3.63, 3.8) is 0 Å². The number of methoxy groups -OCH3 is 1. The Labute approximate surface area is 177 Å². The van der Waals surface area contributed by atoms with Crippen LogP contribution < -0.4 is 10.1 Å². The Morgan fingerprint density at radius 2 is 2.18 bits per heavy atom. The van der Waals surface area contributed by atoms with Crippen molar-refractivity contribution in [2.75, 3.05) is 18.2 Å². The van der Waals surface area contributed by atoms with E-state index in [0.29, 0.717) is 17.5 Å². The van der Waals surface area contributed by atoms with Gasteiger partial charge in [0.1, 0.15) is 11.8 Å². The summed E-state index contributed by atoms with van der Waals surface area (Å²) in [5, 5.41) is 8.82. The van der Waals surface area contributed by atoms with E-state index in [2.05, 4.69) is 47.0 Å². The molecule has 2 heterocycles. The van der Waals surface area contributed by atoms with E-state index in [4.69, 9.17) is 9.84 Å². The first-order valence-corrected chi connectivity index (χ1v) is 11.1. The topological polar surface area (TPSA) is 69.0 Å². The number of benzene rings is 1. The van der Waals surface area contributed by atoms with Gasteiger partial charge in [-0.1, -0.05) is 48.5 Å². The largest absolute Gasteiger partial charge is 0.496 e. The van der Waals surface area contributed by atoms with Gasteiger partial charge >= 0.3 is 0 Å². The second-order valence-corrected chi connectivity index (χ2v) is 9.99. The van der Waals surface area contributed by atoms with Crippen LogP contribution in [-0.4, -0.2) is 33.4 Å². The Morgan fingerprint density at radius 1 is 1.39 bits per heavy atom. The van der Waals surface area contributed by atoms with Crippen LogP contribution in [0.3, 0.4) is 0 Å². The van der Waals surface area contributed by atoms with E-state index in [1.165, 1.54) is 0 Å².